The molecule has 2 rings (SSSR count). The highest BCUT2D eigenvalue weighted by Crippen LogP contribution is 2.18. The van der Waals surface area contributed by atoms with Crippen LogP contribution in [0, 0.1) is 27.7 Å². The Kier molecular flexibility index (Phi) is 6.34. The average molecular weight is 338 g/mol. The molecule has 0 saturated heterocycles. The lowest BCUT2D eigenvalue weighted by atomic mass is 10.1. The molecule has 0 aliphatic heterocycles. The van der Waals surface area contributed by atoms with Gasteiger partial charge in [-0.05, 0) is 68.5 Å². The molecule has 0 spiro atoms. The molecular formula is C21H26N2O2. The third-order valence-corrected chi connectivity index (χ3v) is 4.14. The number of rotatable bonds is 6. The van der Waals surface area contributed by atoms with E-state index in [1.165, 1.54) is 0 Å². The summed E-state index contributed by atoms with van der Waals surface area (Å²) in [5.41, 5.74) is 5.95. The van der Waals surface area contributed by atoms with E-state index >= 15 is 0 Å². The molecule has 0 aromatic heterocycles. The predicted molar refractivity (Wildman–Crippen MR) is 103 cm³/mol. The zero-order valence-corrected chi connectivity index (χ0v) is 15.4. The van der Waals surface area contributed by atoms with Crippen molar-refractivity contribution in [3.63, 3.8) is 0 Å². The van der Waals surface area contributed by atoms with E-state index in [1.807, 2.05) is 64.1 Å². The van der Waals surface area contributed by atoms with Gasteiger partial charge in [0.15, 0.2) is 0 Å². The van der Waals surface area contributed by atoms with Gasteiger partial charge in [0.25, 0.3) is 0 Å². The average Bonchev–Trinajstić information content (AvgIpc) is 2.54. The van der Waals surface area contributed by atoms with E-state index in [0.717, 1.165) is 33.6 Å². The first kappa shape index (κ1) is 18.7. The van der Waals surface area contributed by atoms with Gasteiger partial charge in [0.2, 0.25) is 11.8 Å². The molecule has 132 valence electrons. The summed E-state index contributed by atoms with van der Waals surface area (Å²) in [7, 11) is 0. The van der Waals surface area contributed by atoms with Crippen molar-refractivity contribution in [3.05, 3.63) is 58.7 Å². The third kappa shape index (κ3) is 5.75. The number of hydrogen-bond acceptors (Lipinski definition) is 2. The summed E-state index contributed by atoms with van der Waals surface area (Å²) >= 11 is 0. The molecule has 25 heavy (non-hydrogen) atoms. The maximum atomic E-state index is 12.1. The molecule has 0 heterocycles. The normalized spacial score (nSPS) is 10.4. The Balaban J connectivity index is 1.79. The molecule has 0 saturated carbocycles. The van der Waals surface area contributed by atoms with Crippen LogP contribution in [0.15, 0.2) is 36.4 Å². The Bertz CT molecular complexity index is 716. The van der Waals surface area contributed by atoms with Gasteiger partial charge in [-0.3, -0.25) is 9.59 Å². The highest BCUT2D eigenvalue weighted by atomic mass is 16.2. The summed E-state index contributed by atoms with van der Waals surface area (Å²) in [5.74, 6) is -0.124. The van der Waals surface area contributed by atoms with Crippen molar-refractivity contribution in [2.45, 2.75) is 47.0 Å². The Morgan fingerprint density at radius 1 is 0.720 bits per heavy atom. The molecule has 2 aromatic carbocycles. The summed E-state index contributed by atoms with van der Waals surface area (Å²) in [5, 5.41) is 5.84. The van der Waals surface area contributed by atoms with E-state index in [4.69, 9.17) is 0 Å². The molecule has 2 amide bonds. The standard InChI is InChI=1S/C21H26N2O2/c1-14-8-10-16(3)18(12-14)22-20(24)6-5-7-21(25)23-19-13-15(2)9-11-17(19)4/h8-13H,5-7H2,1-4H3,(H,22,24)(H,23,25). The second kappa shape index (κ2) is 8.47. The van der Waals surface area contributed by atoms with Crippen LogP contribution in [0.5, 0.6) is 0 Å². The van der Waals surface area contributed by atoms with Crippen molar-refractivity contribution in [2.75, 3.05) is 10.6 Å². The molecular weight excluding hydrogens is 312 g/mol. The van der Waals surface area contributed by atoms with Gasteiger partial charge >= 0.3 is 0 Å². The van der Waals surface area contributed by atoms with Crippen molar-refractivity contribution in [3.8, 4) is 0 Å². The number of carbonyl (C=O) groups is 2. The van der Waals surface area contributed by atoms with E-state index in [9.17, 15) is 9.59 Å². The summed E-state index contributed by atoms with van der Waals surface area (Å²) in [6.45, 7) is 7.92. The van der Waals surface area contributed by atoms with Crippen molar-refractivity contribution in [1.29, 1.82) is 0 Å². The van der Waals surface area contributed by atoms with Gasteiger partial charge in [-0.25, -0.2) is 0 Å². The second-order valence-corrected chi connectivity index (χ2v) is 6.59. The van der Waals surface area contributed by atoms with Gasteiger partial charge in [0.1, 0.15) is 0 Å². The van der Waals surface area contributed by atoms with Crippen LogP contribution in [0.1, 0.15) is 41.5 Å². The van der Waals surface area contributed by atoms with E-state index in [2.05, 4.69) is 10.6 Å². The number of amides is 2. The number of hydrogen-bond donors (Lipinski definition) is 2. The quantitative estimate of drug-likeness (QED) is 0.804. The van der Waals surface area contributed by atoms with Crippen LogP contribution in [0.3, 0.4) is 0 Å². The van der Waals surface area contributed by atoms with Crippen molar-refractivity contribution in [2.24, 2.45) is 0 Å². The lowest BCUT2D eigenvalue weighted by Gasteiger charge is -2.10. The number of nitrogens with one attached hydrogen (secondary N) is 2. The summed E-state index contributed by atoms with van der Waals surface area (Å²) in [6, 6.07) is 11.9. The summed E-state index contributed by atoms with van der Waals surface area (Å²) in [6.07, 6.45) is 1.18. The van der Waals surface area contributed by atoms with Crippen LogP contribution in [0.2, 0.25) is 0 Å². The van der Waals surface area contributed by atoms with Gasteiger partial charge in [-0.15, -0.1) is 0 Å². The maximum absolute atomic E-state index is 12.1. The molecule has 0 atom stereocenters. The van der Waals surface area contributed by atoms with Gasteiger partial charge < -0.3 is 10.6 Å². The fraction of sp³-hybridized carbons (Fsp3) is 0.333. The van der Waals surface area contributed by atoms with Crippen molar-refractivity contribution >= 4 is 23.2 Å². The predicted octanol–water partition coefficient (Wildman–Crippen LogP) is 4.67. The fourth-order valence-corrected chi connectivity index (χ4v) is 2.58. The maximum Gasteiger partial charge on any atom is 0.224 e. The Hall–Kier alpha value is -2.62. The number of aryl methyl sites for hydroxylation is 4. The van der Waals surface area contributed by atoms with Crippen LogP contribution >= 0.6 is 0 Å². The van der Waals surface area contributed by atoms with Crippen LogP contribution in [-0.4, -0.2) is 11.8 Å². The lowest BCUT2D eigenvalue weighted by Crippen LogP contribution is -2.15. The largest absolute Gasteiger partial charge is 0.326 e. The first-order chi connectivity index (χ1) is 11.8. The highest BCUT2D eigenvalue weighted by molar-refractivity contribution is 5.93. The molecule has 0 unspecified atom stereocenters. The topological polar surface area (TPSA) is 58.2 Å². The van der Waals surface area contributed by atoms with Crippen LogP contribution in [-0.2, 0) is 9.59 Å². The molecule has 0 bridgehead atoms. The molecule has 0 radical (unpaired) electrons. The lowest BCUT2D eigenvalue weighted by molar-refractivity contribution is -0.117. The van der Waals surface area contributed by atoms with E-state index in [0.29, 0.717) is 19.3 Å². The molecule has 2 aromatic rings. The third-order valence-electron chi connectivity index (χ3n) is 4.14. The van der Waals surface area contributed by atoms with Crippen LogP contribution in [0.25, 0.3) is 0 Å². The van der Waals surface area contributed by atoms with Crippen LogP contribution < -0.4 is 10.6 Å². The van der Waals surface area contributed by atoms with Crippen molar-refractivity contribution in [1.82, 2.24) is 0 Å². The molecule has 2 N–H and O–H groups in total. The molecule has 0 aliphatic rings. The molecule has 4 nitrogen and oxygen atoms in total. The van der Waals surface area contributed by atoms with E-state index in [1.54, 1.807) is 0 Å². The smallest absolute Gasteiger partial charge is 0.224 e. The second-order valence-electron chi connectivity index (χ2n) is 6.59. The monoisotopic (exact) mass is 338 g/mol. The van der Waals surface area contributed by atoms with Gasteiger partial charge in [-0.1, -0.05) is 24.3 Å². The van der Waals surface area contributed by atoms with Gasteiger partial charge in [0.05, 0.1) is 0 Å². The Morgan fingerprint density at radius 3 is 1.52 bits per heavy atom. The molecule has 0 aliphatic carbocycles. The zero-order valence-electron chi connectivity index (χ0n) is 15.4. The number of benzene rings is 2. The van der Waals surface area contributed by atoms with E-state index < -0.39 is 0 Å². The Morgan fingerprint density at radius 2 is 1.12 bits per heavy atom. The van der Waals surface area contributed by atoms with Gasteiger partial charge in [0, 0.05) is 24.2 Å². The zero-order chi connectivity index (χ0) is 18.4. The first-order valence-corrected chi connectivity index (χ1v) is 8.59. The van der Waals surface area contributed by atoms with Gasteiger partial charge in [-0.2, -0.15) is 0 Å². The minimum Gasteiger partial charge on any atom is -0.326 e. The minimum absolute atomic E-state index is 0.0618. The number of carbonyl (C=O) groups excluding carboxylic acids is 2. The first-order valence-electron chi connectivity index (χ1n) is 8.59. The highest BCUT2D eigenvalue weighted by Gasteiger charge is 2.09. The Labute approximate surface area is 149 Å². The fourth-order valence-electron chi connectivity index (χ4n) is 2.58. The molecule has 0 fully saturated rings. The number of anilines is 2. The summed E-state index contributed by atoms with van der Waals surface area (Å²) in [4.78, 5) is 24.1. The molecule has 4 heteroatoms. The van der Waals surface area contributed by atoms with Crippen molar-refractivity contribution < 1.29 is 9.59 Å². The van der Waals surface area contributed by atoms with E-state index in [-0.39, 0.29) is 11.8 Å². The minimum atomic E-state index is -0.0618. The summed E-state index contributed by atoms with van der Waals surface area (Å²) < 4.78 is 0. The van der Waals surface area contributed by atoms with Crippen LogP contribution in [0.4, 0.5) is 11.4 Å². The SMILES string of the molecule is Cc1ccc(C)c(NC(=O)CCCC(=O)Nc2cc(C)ccc2C)c1.